The molecule has 1 aliphatic rings. The van der Waals surface area contributed by atoms with Gasteiger partial charge in [-0.2, -0.15) is 15.0 Å². The van der Waals surface area contributed by atoms with Gasteiger partial charge in [-0.25, -0.2) is 9.59 Å². The summed E-state index contributed by atoms with van der Waals surface area (Å²) < 4.78 is 5.31. The molecule has 1 aromatic heterocycles. The zero-order valence-electron chi connectivity index (χ0n) is 21.9. The highest BCUT2D eigenvalue weighted by Crippen LogP contribution is 2.31. The number of ether oxygens (including phenoxy) is 1. The van der Waals surface area contributed by atoms with Crippen molar-refractivity contribution in [2.45, 2.75) is 25.3 Å². The summed E-state index contributed by atoms with van der Waals surface area (Å²) in [5.41, 5.74) is 3.13. The molecule has 11 heteroatoms. The summed E-state index contributed by atoms with van der Waals surface area (Å²) in [6.07, 6.45) is 2.06. The number of para-hydroxylation sites is 3. The number of carbonyl (C=O) groups is 2. The van der Waals surface area contributed by atoms with Crippen molar-refractivity contribution in [1.82, 2.24) is 15.0 Å². The van der Waals surface area contributed by atoms with E-state index in [1.807, 2.05) is 54.6 Å². The minimum atomic E-state index is -0.951. The van der Waals surface area contributed by atoms with Crippen molar-refractivity contribution in [2.24, 2.45) is 0 Å². The molecule has 1 atom stereocenters. The molecule has 3 aromatic carbocycles. The van der Waals surface area contributed by atoms with Crippen molar-refractivity contribution in [1.29, 1.82) is 0 Å². The Hall–Kier alpha value is -5.19. The zero-order chi connectivity index (χ0) is 27.9. The monoisotopic (exact) mass is 539 g/mol. The lowest BCUT2D eigenvalue weighted by Gasteiger charge is -2.33. The summed E-state index contributed by atoms with van der Waals surface area (Å²) in [4.78, 5) is 40.0. The molecule has 1 unspecified atom stereocenters. The van der Waals surface area contributed by atoms with E-state index in [1.165, 1.54) is 7.11 Å². The number of nitrogens with one attached hydrogen (secondary N) is 3. The van der Waals surface area contributed by atoms with E-state index in [0.717, 1.165) is 29.7 Å². The molecule has 5 rings (SSSR count). The van der Waals surface area contributed by atoms with Crippen LogP contribution in [-0.4, -0.2) is 51.8 Å². The molecule has 40 heavy (non-hydrogen) atoms. The van der Waals surface area contributed by atoms with Crippen LogP contribution in [0.25, 0.3) is 11.1 Å². The number of carboxylic acid groups (broad SMARTS) is 1. The minimum Gasteiger partial charge on any atom is -0.495 e. The van der Waals surface area contributed by atoms with Crippen LogP contribution in [0.2, 0.25) is 0 Å². The molecule has 2 heterocycles. The van der Waals surface area contributed by atoms with E-state index in [0.29, 0.717) is 24.4 Å². The third-order valence-electron chi connectivity index (χ3n) is 6.51. The number of aliphatic carboxylic acids is 1. The fraction of sp³-hybridized carbons (Fsp3) is 0.207. The first-order valence-corrected chi connectivity index (χ1v) is 12.9. The van der Waals surface area contributed by atoms with Gasteiger partial charge < -0.3 is 25.4 Å². The van der Waals surface area contributed by atoms with Crippen LogP contribution in [0.15, 0.2) is 78.9 Å². The van der Waals surface area contributed by atoms with Crippen molar-refractivity contribution >= 4 is 41.2 Å². The van der Waals surface area contributed by atoms with Gasteiger partial charge in [0.05, 0.1) is 12.8 Å². The highest BCUT2D eigenvalue weighted by Gasteiger charge is 2.31. The lowest BCUT2D eigenvalue weighted by atomic mass is 10.0. The summed E-state index contributed by atoms with van der Waals surface area (Å²) in [5, 5.41) is 18.5. The first-order valence-electron chi connectivity index (χ1n) is 12.9. The fourth-order valence-electron chi connectivity index (χ4n) is 4.62. The molecule has 4 N–H and O–H groups in total. The average Bonchev–Trinajstić information content (AvgIpc) is 2.98. The lowest BCUT2D eigenvalue weighted by Crippen LogP contribution is -2.45. The van der Waals surface area contributed by atoms with Crippen LogP contribution in [0.3, 0.4) is 0 Å². The molecular weight excluding hydrogens is 510 g/mol. The van der Waals surface area contributed by atoms with Gasteiger partial charge in [0.25, 0.3) is 0 Å². The zero-order valence-corrected chi connectivity index (χ0v) is 21.9. The van der Waals surface area contributed by atoms with Gasteiger partial charge in [-0.3, -0.25) is 5.32 Å². The Kier molecular flexibility index (Phi) is 8.00. The highest BCUT2D eigenvalue weighted by molar-refractivity contribution is 5.99. The molecule has 0 bridgehead atoms. The molecule has 1 fully saturated rings. The number of aromatic nitrogens is 3. The smallest absolute Gasteiger partial charge is 0.326 e. The number of methoxy groups -OCH3 is 1. The van der Waals surface area contributed by atoms with Crippen LogP contribution < -0.4 is 25.6 Å². The van der Waals surface area contributed by atoms with Crippen molar-refractivity contribution in [3.63, 3.8) is 0 Å². The number of carboxylic acids is 1. The van der Waals surface area contributed by atoms with E-state index in [4.69, 9.17) is 4.74 Å². The average molecular weight is 540 g/mol. The van der Waals surface area contributed by atoms with Gasteiger partial charge in [-0.1, -0.05) is 60.7 Å². The molecule has 1 saturated heterocycles. The van der Waals surface area contributed by atoms with Gasteiger partial charge in [0.15, 0.2) is 0 Å². The summed E-state index contributed by atoms with van der Waals surface area (Å²) in [7, 11) is 1.51. The number of amides is 2. The van der Waals surface area contributed by atoms with Gasteiger partial charge in [0, 0.05) is 17.8 Å². The van der Waals surface area contributed by atoms with E-state index in [2.05, 4.69) is 30.9 Å². The molecule has 0 radical (unpaired) electrons. The first kappa shape index (κ1) is 26.4. The van der Waals surface area contributed by atoms with E-state index in [9.17, 15) is 14.7 Å². The second-order valence-corrected chi connectivity index (χ2v) is 9.14. The predicted molar refractivity (Wildman–Crippen MR) is 153 cm³/mol. The number of rotatable bonds is 8. The normalized spacial score (nSPS) is 14.7. The van der Waals surface area contributed by atoms with Crippen LogP contribution in [0, 0.1) is 0 Å². The van der Waals surface area contributed by atoms with E-state index >= 15 is 0 Å². The molecule has 0 saturated carbocycles. The SMILES string of the molecule is COc1ccccc1NC(=O)Nc1nc(Nc2ccccc2-c2ccccc2)nc(N2CCCCC2C(=O)O)n1. The molecule has 2 amide bonds. The maximum Gasteiger partial charge on any atom is 0.326 e. The van der Waals surface area contributed by atoms with E-state index in [1.54, 1.807) is 29.2 Å². The topological polar surface area (TPSA) is 142 Å². The number of piperidine rings is 1. The molecule has 4 aromatic rings. The van der Waals surface area contributed by atoms with Crippen LogP contribution in [0.5, 0.6) is 5.75 Å². The van der Waals surface area contributed by atoms with Crippen molar-refractivity contribution < 1.29 is 19.4 Å². The van der Waals surface area contributed by atoms with Crippen LogP contribution in [0.1, 0.15) is 19.3 Å². The second-order valence-electron chi connectivity index (χ2n) is 9.14. The summed E-state index contributed by atoms with van der Waals surface area (Å²) in [6, 6.07) is 23.2. The van der Waals surface area contributed by atoms with Gasteiger partial charge in [0.2, 0.25) is 17.8 Å². The highest BCUT2D eigenvalue weighted by atomic mass is 16.5. The third-order valence-corrected chi connectivity index (χ3v) is 6.51. The Morgan fingerprint density at radius 2 is 1.55 bits per heavy atom. The first-order chi connectivity index (χ1) is 19.5. The van der Waals surface area contributed by atoms with Crippen molar-refractivity contribution in [3.05, 3.63) is 78.9 Å². The molecule has 1 aliphatic heterocycles. The quantitative estimate of drug-likeness (QED) is 0.232. The Morgan fingerprint density at radius 1 is 0.850 bits per heavy atom. The Morgan fingerprint density at radius 3 is 2.33 bits per heavy atom. The lowest BCUT2D eigenvalue weighted by molar-refractivity contribution is -0.139. The number of nitrogens with zero attached hydrogens (tertiary/aromatic N) is 4. The number of hydrogen-bond acceptors (Lipinski definition) is 8. The molecule has 0 aliphatic carbocycles. The Balaban J connectivity index is 1.49. The Bertz CT molecular complexity index is 1500. The maximum absolute atomic E-state index is 12.9. The van der Waals surface area contributed by atoms with Crippen molar-refractivity contribution in [3.8, 4) is 16.9 Å². The second kappa shape index (κ2) is 12.1. The number of urea groups is 1. The van der Waals surface area contributed by atoms with Crippen molar-refractivity contribution in [2.75, 3.05) is 34.5 Å². The third kappa shape index (κ3) is 6.09. The summed E-state index contributed by atoms with van der Waals surface area (Å²) in [6.45, 7) is 0.466. The van der Waals surface area contributed by atoms with E-state index < -0.39 is 18.0 Å². The molecule has 11 nitrogen and oxygen atoms in total. The van der Waals surface area contributed by atoms with Crippen LogP contribution in [-0.2, 0) is 4.79 Å². The molecule has 204 valence electrons. The molecule has 0 spiro atoms. The Labute approximate surface area is 231 Å². The van der Waals surface area contributed by atoms with Gasteiger partial charge in [-0.05, 0) is 43.0 Å². The summed E-state index contributed by atoms with van der Waals surface area (Å²) >= 11 is 0. The summed E-state index contributed by atoms with van der Waals surface area (Å²) in [5.74, 6) is -0.171. The maximum atomic E-state index is 12.9. The van der Waals surface area contributed by atoms with Crippen LogP contribution in [0.4, 0.5) is 34.0 Å². The van der Waals surface area contributed by atoms with Gasteiger partial charge in [0.1, 0.15) is 11.8 Å². The number of anilines is 5. The van der Waals surface area contributed by atoms with Crippen LogP contribution >= 0.6 is 0 Å². The van der Waals surface area contributed by atoms with E-state index in [-0.39, 0.29) is 17.8 Å². The predicted octanol–water partition coefficient (Wildman–Crippen LogP) is 5.38. The number of hydrogen-bond donors (Lipinski definition) is 4. The number of benzene rings is 3. The largest absolute Gasteiger partial charge is 0.495 e. The molecular formula is C29H29N7O4. The standard InChI is InChI=1S/C29H29N7O4/c1-40-24-17-8-7-15-22(24)31-29(39)35-27-32-26(33-28(34-27)36-18-10-9-16-23(36)25(37)38)30-21-14-6-5-13-20(21)19-11-3-2-4-12-19/h2-8,11-15,17,23H,9-10,16,18H2,1H3,(H,37,38)(H3,30,31,32,33,34,35,39). The minimum absolute atomic E-state index is 0.0354. The fourth-order valence-corrected chi connectivity index (χ4v) is 4.62. The number of carbonyl (C=O) groups excluding carboxylic acids is 1. The van der Waals surface area contributed by atoms with Gasteiger partial charge in [-0.15, -0.1) is 0 Å². The van der Waals surface area contributed by atoms with Gasteiger partial charge >= 0.3 is 12.0 Å².